The SMILES string of the molecule is OCCCNc1nc(NCc2ccccc2)nc(NCc2cccc(C(F)(F)F)c2)n1. The van der Waals surface area contributed by atoms with Gasteiger partial charge in [-0.15, -0.1) is 0 Å². The van der Waals surface area contributed by atoms with Crippen molar-refractivity contribution in [3.8, 4) is 0 Å². The Balaban J connectivity index is 1.72. The van der Waals surface area contributed by atoms with Crippen LogP contribution in [-0.4, -0.2) is 33.2 Å². The zero-order valence-electron chi connectivity index (χ0n) is 16.7. The van der Waals surface area contributed by atoms with Gasteiger partial charge < -0.3 is 21.1 Å². The fourth-order valence-corrected chi connectivity index (χ4v) is 2.71. The van der Waals surface area contributed by atoms with Gasteiger partial charge in [0, 0.05) is 26.2 Å². The van der Waals surface area contributed by atoms with Gasteiger partial charge in [-0.25, -0.2) is 0 Å². The molecule has 0 spiro atoms. The molecule has 0 radical (unpaired) electrons. The van der Waals surface area contributed by atoms with Crippen LogP contribution in [0.2, 0.25) is 0 Å². The molecule has 0 saturated carbocycles. The zero-order chi connectivity index (χ0) is 22.1. The molecular formula is C21H23F3N6O. The van der Waals surface area contributed by atoms with Crippen LogP contribution in [0.1, 0.15) is 23.1 Å². The highest BCUT2D eigenvalue weighted by Gasteiger charge is 2.30. The predicted molar refractivity (Wildman–Crippen MR) is 113 cm³/mol. The first kappa shape index (κ1) is 22.3. The van der Waals surface area contributed by atoms with Crippen LogP contribution < -0.4 is 16.0 Å². The van der Waals surface area contributed by atoms with E-state index in [9.17, 15) is 13.2 Å². The second kappa shape index (κ2) is 10.6. The predicted octanol–water partition coefficient (Wildman–Crippen LogP) is 3.91. The summed E-state index contributed by atoms with van der Waals surface area (Å²) in [6, 6.07) is 14.8. The number of benzene rings is 2. The first-order chi connectivity index (χ1) is 14.9. The standard InChI is InChI=1S/C21H23F3N6O/c22-21(23,24)17-9-4-8-16(12-17)14-27-20-29-18(25-10-5-11-31)28-19(30-20)26-13-15-6-2-1-3-7-15/h1-4,6-9,12,31H,5,10-11,13-14H2,(H3,25,26,27,28,29,30). The van der Waals surface area contributed by atoms with E-state index in [-0.39, 0.29) is 19.1 Å². The molecule has 3 aromatic rings. The summed E-state index contributed by atoms with van der Waals surface area (Å²) in [6.45, 7) is 1.10. The number of anilines is 3. The van der Waals surface area contributed by atoms with Crippen LogP contribution in [0.4, 0.5) is 31.0 Å². The molecule has 10 heteroatoms. The summed E-state index contributed by atoms with van der Waals surface area (Å²) in [5.74, 6) is 0.830. The van der Waals surface area contributed by atoms with Crippen LogP contribution in [0, 0.1) is 0 Å². The highest BCUT2D eigenvalue weighted by atomic mass is 19.4. The third-order valence-electron chi connectivity index (χ3n) is 4.25. The second-order valence-electron chi connectivity index (χ2n) is 6.70. The number of hydrogen-bond acceptors (Lipinski definition) is 7. The van der Waals surface area contributed by atoms with Crippen molar-refractivity contribution in [2.75, 3.05) is 29.1 Å². The monoisotopic (exact) mass is 432 g/mol. The van der Waals surface area contributed by atoms with Crippen molar-refractivity contribution in [1.29, 1.82) is 0 Å². The minimum Gasteiger partial charge on any atom is -0.396 e. The molecule has 0 unspecified atom stereocenters. The van der Waals surface area contributed by atoms with Gasteiger partial charge in [-0.2, -0.15) is 28.1 Å². The van der Waals surface area contributed by atoms with Gasteiger partial charge in [-0.05, 0) is 29.7 Å². The number of hydrogen-bond donors (Lipinski definition) is 4. The van der Waals surface area contributed by atoms with E-state index in [1.807, 2.05) is 30.3 Å². The molecule has 31 heavy (non-hydrogen) atoms. The largest absolute Gasteiger partial charge is 0.416 e. The van der Waals surface area contributed by atoms with Crippen molar-refractivity contribution < 1.29 is 18.3 Å². The minimum absolute atomic E-state index is 0.0256. The Hall–Kier alpha value is -3.40. The van der Waals surface area contributed by atoms with E-state index in [1.165, 1.54) is 6.07 Å². The average Bonchev–Trinajstić information content (AvgIpc) is 2.77. The Morgan fingerprint density at radius 3 is 1.94 bits per heavy atom. The van der Waals surface area contributed by atoms with Crippen molar-refractivity contribution in [3.05, 3.63) is 71.3 Å². The first-order valence-corrected chi connectivity index (χ1v) is 9.72. The van der Waals surface area contributed by atoms with Crippen LogP contribution in [0.15, 0.2) is 54.6 Å². The van der Waals surface area contributed by atoms with Gasteiger partial charge in [0.15, 0.2) is 0 Å². The molecule has 2 aromatic carbocycles. The van der Waals surface area contributed by atoms with Gasteiger partial charge in [0.05, 0.1) is 5.56 Å². The highest BCUT2D eigenvalue weighted by molar-refractivity contribution is 5.43. The van der Waals surface area contributed by atoms with E-state index in [0.29, 0.717) is 37.0 Å². The lowest BCUT2D eigenvalue weighted by Crippen LogP contribution is -2.14. The Bertz CT molecular complexity index is 969. The van der Waals surface area contributed by atoms with Gasteiger partial charge in [-0.1, -0.05) is 42.5 Å². The quantitative estimate of drug-likeness (QED) is 0.361. The van der Waals surface area contributed by atoms with Crippen molar-refractivity contribution >= 4 is 17.8 Å². The molecule has 0 atom stereocenters. The number of aliphatic hydroxyl groups excluding tert-OH is 1. The molecule has 1 heterocycles. The molecule has 0 aliphatic heterocycles. The number of alkyl halides is 3. The summed E-state index contributed by atoms with van der Waals surface area (Å²) in [5, 5.41) is 18.0. The van der Waals surface area contributed by atoms with Crippen LogP contribution >= 0.6 is 0 Å². The third kappa shape index (κ3) is 7.10. The number of aliphatic hydroxyl groups is 1. The van der Waals surface area contributed by atoms with E-state index in [2.05, 4.69) is 30.9 Å². The van der Waals surface area contributed by atoms with Crippen LogP contribution in [0.5, 0.6) is 0 Å². The maximum Gasteiger partial charge on any atom is 0.416 e. The number of rotatable bonds is 10. The van der Waals surface area contributed by atoms with Crippen LogP contribution in [-0.2, 0) is 19.3 Å². The summed E-state index contributed by atoms with van der Waals surface area (Å²) in [6.07, 6.45) is -3.88. The Morgan fingerprint density at radius 2 is 1.32 bits per heavy atom. The topological polar surface area (TPSA) is 95.0 Å². The van der Waals surface area contributed by atoms with Gasteiger partial charge >= 0.3 is 6.18 Å². The van der Waals surface area contributed by atoms with Crippen molar-refractivity contribution in [1.82, 2.24) is 15.0 Å². The summed E-state index contributed by atoms with van der Waals surface area (Å²) in [5.41, 5.74) is 0.777. The number of aromatic nitrogens is 3. The van der Waals surface area contributed by atoms with E-state index in [0.717, 1.165) is 17.7 Å². The number of halogens is 3. The lowest BCUT2D eigenvalue weighted by Gasteiger charge is -2.12. The zero-order valence-corrected chi connectivity index (χ0v) is 16.7. The molecular weight excluding hydrogens is 409 g/mol. The fraction of sp³-hybridized carbons (Fsp3) is 0.286. The summed E-state index contributed by atoms with van der Waals surface area (Å²) < 4.78 is 38.8. The Labute approximate surface area is 177 Å². The van der Waals surface area contributed by atoms with Gasteiger partial charge in [0.1, 0.15) is 0 Å². The first-order valence-electron chi connectivity index (χ1n) is 9.72. The van der Waals surface area contributed by atoms with E-state index >= 15 is 0 Å². The lowest BCUT2D eigenvalue weighted by atomic mass is 10.1. The summed E-state index contributed by atoms with van der Waals surface area (Å²) in [7, 11) is 0. The normalized spacial score (nSPS) is 11.2. The van der Waals surface area contributed by atoms with E-state index in [1.54, 1.807) is 6.07 Å². The van der Waals surface area contributed by atoms with Gasteiger partial charge in [0.2, 0.25) is 17.8 Å². The van der Waals surface area contributed by atoms with Crippen LogP contribution in [0.25, 0.3) is 0 Å². The molecule has 3 rings (SSSR count). The molecule has 0 saturated heterocycles. The molecule has 0 aliphatic rings. The van der Waals surface area contributed by atoms with Crippen molar-refractivity contribution in [2.24, 2.45) is 0 Å². The maximum absolute atomic E-state index is 12.9. The maximum atomic E-state index is 12.9. The molecule has 4 N–H and O–H groups in total. The molecule has 0 fully saturated rings. The van der Waals surface area contributed by atoms with Gasteiger partial charge in [-0.3, -0.25) is 0 Å². The summed E-state index contributed by atoms with van der Waals surface area (Å²) >= 11 is 0. The number of nitrogens with one attached hydrogen (secondary N) is 3. The average molecular weight is 432 g/mol. The fourth-order valence-electron chi connectivity index (χ4n) is 2.71. The second-order valence-corrected chi connectivity index (χ2v) is 6.70. The molecule has 7 nitrogen and oxygen atoms in total. The molecule has 0 amide bonds. The minimum atomic E-state index is -4.40. The molecule has 1 aromatic heterocycles. The van der Waals surface area contributed by atoms with Gasteiger partial charge in [0.25, 0.3) is 0 Å². The molecule has 164 valence electrons. The number of nitrogens with zero attached hydrogens (tertiary/aromatic N) is 3. The molecule has 0 aliphatic carbocycles. The Kier molecular flexibility index (Phi) is 7.60. The van der Waals surface area contributed by atoms with E-state index < -0.39 is 11.7 Å². The van der Waals surface area contributed by atoms with Crippen molar-refractivity contribution in [3.63, 3.8) is 0 Å². The smallest absolute Gasteiger partial charge is 0.396 e. The third-order valence-corrected chi connectivity index (χ3v) is 4.25. The van der Waals surface area contributed by atoms with Crippen molar-refractivity contribution in [2.45, 2.75) is 25.7 Å². The lowest BCUT2D eigenvalue weighted by molar-refractivity contribution is -0.137. The Morgan fingerprint density at radius 1 is 0.742 bits per heavy atom. The summed E-state index contributed by atoms with van der Waals surface area (Å²) in [4.78, 5) is 12.9. The molecule has 0 bridgehead atoms. The van der Waals surface area contributed by atoms with Crippen LogP contribution in [0.3, 0.4) is 0 Å². The highest BCUT2D eigenvalue weighted by Crippen LogP contribution is 2.29. The van der Waals surface area contributed by atoms with E-state index in [4.69, 9.17) is 5.11 Å².